The van der Waals surface area contributed by atoms with Gasteiger partial charge in [0.2, 0.25) is 0 Å². The summed E-state index contributed by atoms with van der Waals surface area (Å²) >= 11 is 0. The van der Waals surface area contributed by atoms with Crippen molar-refractivity contribution in [1.29, 1.82) is 0 Å². The predicted octanol–water partition coefficient (Wildman–Crippen LogP) is 3.04. The van der Waals surface area contributed by atoms with E-state index in [1.54, 1.807) is 12.5 Å². The average Bonchev–Trinajstić information content (AvgIpc) is 2.91. The largest absolute Gasteiger partial charge is 0.460 e. The Kier molecular flexibility index (Phi) is 4.23. The molecule has 1 aromatic heterocycles. The number of ether oxygens (including phenoxy) is 1. The second-order valence-electron chi connectivity index (χ2n) is 5.76. The monoisotopic (exact) mass is 272 g/mol. The summed E-state index contributed by atoms with van der Waals surface area (Å²) in [5.74, 6) is -0.287. The molecule has 0 aliphatic carbocycles. The summed E-state index contributed by atoms with van der Waals surface area (Å²) in [4.78, 5) is 15.8. The van der Waals surface area contributed by atoms with E-state index < -0.39 is 0 Å². The van der Waals surface area contributed by atoms with Crippen molar-refractivity contribution in [2.45, 2.75) is 32.7 Å². The molecular formula is C16H20N2O2. The van der Waals surface area contributed by atoms with E-state index >= 15 is 0 Å². The lowest BCUT2D eigenvalue weighted by atomic mass is 9.87. The normalized spacial score (nSPS) is 11.3. The first kappa shape index (κ1) is 14.3. The highest BCUT2D eigenvalue weighted by molar-refractivity contribution is 5.89. The number of hydrogen-bond acceptors (Lipinski definition) is 3. The highest BCUT2D eigenvalue weighted by Gasteiger charge is 2.14. The van der Waals surface area contributed by atoms with Crippen molar-refractivity contribution in [3.8, 4) is 0 Å². The minimum Gasteiger partial charge on any atom is -0.460 e. The summed E-state index contributed by atoms with van der Waals surface area (Å²) in [6, 6.07) is 7.60. The molecule has 20 heavy (non-hydrogen) atoms. The number of aromatic nitrogens is 2. The maximum atomic E-state index is 11.9. The summed E-state index contributed by atoms with van der Waals surface area (Å²) in [5, 5.41) is 0. The zero-order valence-electron chi connectivity index (χ0n) is 12.2. The molecule has 0 saturated carbocycles. The number of imidazole rings is 1. The van der Waals surface area contributed by atoms with E-state index in [1.807, 2.05) is 35.0 Å². The van der Waals surface area contributed by atoms with Crippen molar-refractivity contribution in [3.63, 3.8) is 0 Å². The molecule has 0 aliphatic rings. The van der Waals surface area contributed by atoms with Crippen LogP contribution in [0.15, 0.2) is 43.0 Å². The van der Waals surface area contributed by atoms with Gasteiger partial charge in [0.1, 0.15) is 6.61 Å². The Bertz CT molecular complexity index is 551. The molecule has 0 aliphatic heterocycles. The smallest absolute Gasteiger partial charge is 0.338 e. The number of nitrogens with zero attached hydrogens (tertiary/aromatic N) is 2. The van der Waals surface area contributed by atoms with Gasteiger partial charge in [0, 0.05) is 12.4 Å². The summed E-state index contributed by atoms with van der Waals surface area (Å²) in [6.45, 7) is 7.39. The lowest BCUT2D eigenvalue weighted by Crippen LogP contribution is -2.13. The molecule has 0 saturated heterocycles. The Morgan fingerprint density at radius 1 is 1.25 bits per heavy atom. The topological polar surface area (TPSA) is 44.1 Å². The molecule has 106 valence electrons. The van der Waals surface area contributed by atoms with Crippen molar-refractivity contribution >= 4 is 5.97 Å². The third-order valence-corrected chi connectivity index (χ3v) is 3.13. The van der Waals surface area contributed by atoms with Crippen LogP contribution < -0.4 is 0 Å². The summed E-state index contributed by atoms with van der Waals surface area (Å²) in [6.07, 6.45) is 5.24. The van der Waals surface area contributed by atoms with Crippen LogP contribution in [0.4, 0.5) is 0 Å². The van der Waals surface area contributed by atoms with Gasteiger partial charge in [0.05, 0.1) is 18.4 Å². The third kappa shape index (κ3) is 3.70. The van der Waals surface area contributed by atoms with Gasteiger partial charge in [-0.25, -0.2) is 9.78 Å². The van der Waals surface area contributed by atoms with Crippen molar-refractivity contribution in [2.75, 3.05) is 6.61 Å². The van der Waals surface area contributed by atoms with Gasteiger partial charge in [-0.3, -0.25) is 0 Å². The van der Waals surface area contributed by atoms with Crippen molar-refractivity contribution in [1.82, 2.24) is 9.55 Å². The fourth-order valence-corrected chi connectivity index (χ4v) is 1.85. The number of esters is 1. The van der Waals surface area contributed by atoms with E-state index in [9.17, 15) is 4.79 Å². The SMILES string of the molecule is CC(C)(C)c1ccc(C(=O)OCCn2ccnc2)cc1. The first-order chi connectivity index (χ1) is 9.47. The highest BCUT2D eigenvalue weighted by atomic mass is 16.5. The number of carbonyl (C=O) groups excluding carboxylic acids is 1. The molecule has 0 amide bonds. The van der Waals surface area contributed by atoms with Gasteiger partial charge in [-0.1, -0.05) is 32.9 Å². The molecule has 0 spiro atoms. The van der Waals surface area contributed by atoms with E-state index in [2.05, 4.69) is 25.8 Å². The molecule has 0 unspecified atom stereocenters. The molecule has 1 aromatic carbocycles. The first-order valence-electron chi connectivity index (χ1n) is 6.70. The first-order valence-corrected chi connectivity index (χ1v) is 6.70. The molecule has 4 heteroatoms. The predicted molar refractivity (Wildman–Crippen MR) is 77.7 cm³/mol. The molecule has 2 aromatic rings. The van der Waals surface area contributed by atoms with E-state index in [4.69, 9.17) is 4.74 Å². The van der Waals surface area contributed by atoms with Crippen molar-refractivity contribution in [3.05, 3.63) is 54.1 Å². The second-order valence-corrected chi connectivity index (χ2v) is 5.76. The van der Waals surface area contributed by atoms with Crippen LogP contribution in [-0.4, -0.2) is 22.1 Å². The Morgan fingerprint density at radius 3 is 2.50 bits per heavy atom. The van der Waals surface area contributed by atoms with Crippen molar-refractivity contribution < 1.29 is 9.53 Å². The Balaban J connectivity index is 1.89. The van der Waals surface area contributed by atoms with Crippen LogP contribution in [0.2, 0.25) is 0 Å². The van der Waals surface area contributed by atoms with Gasteiger partial charge in [0.15, 0.2) is 0 Å². The molecule has 1 heterocycles. The van der Waals surface area contributed by atoms with E-state index in [0.29, 0.717) is 18.7 Å². The fourth-order valence-electron chi connectivity index (χ4n) is 1.85. The van der Waals surface area contributed by atoms with Crippen LogP contribution in [-0.2, 0) is 16.7 Å². The van der Waals surface area contributed by atoms with Crippen LogP contribution in [0.5, 0.6) is 0 Å². The van der Waals surface area contributed by atoms with Gasteiger partial charge in [-0.2, -0.15) is 0 Å². The van der Waals surface area contributed by atoms with Crippen LogP contribution >= 0.6 is 0 Å². The maximum Gasteiger partial charge on any atom is 0.338 e. The highest BCUT2D eigenvalue weighted by Crippen LogP contribution is 2.22. The molecule has 0 N–H and O–H groups in total. The average molecular weight is 272 g/mol. The van der Waals surface area contributed by atoms with E-state index in [-0.39, 0.29) is 11.4 Å². The standard InChI is InChI=1S/C16H20N2O2/c1-16(2,3)14-6-4-13(5-7-14)15(19)20-11-10-18-9-8-17-12-18/h4-9,12H,10-11H2,1-3H3. The number of benzene rings is 1. The number of carbonyl (C=O) groups is 1. The zero-order valence-corrected chi connectivity index (χ0v) is 12.2. The van der Waals surface area contributed by atoms with Gasteiger partial charge >= 0.3 is 5.97 Å². The minimum atomic E-state index is -0.287. The molecule has 0 radical (unpaired) electrons. The van der Waals surface area contributed by atoms with Gasteiger partial charge in [-0.15, -0.1) is 0 Å². The van der Waals surface area contributed by atoms with Crippen molar-refractivity contribution in [2.24, 2.45) is 0 Å². The molecule has 2 rings (SSSR count). The molecule has 0 fully saturated rings. The Hall–Kier alpha value is -2.10. The van der Waals surface area contributed by atoms with Gasteiger partial charge < -0.3 is 9.30 Å². The molecule has 0 bridgehead atoms. The second kappa shape index (κ2) is 5.90. The van der Waals surface area contributed by atoms with Crippen LogP contribution in [0.3, 0.4) is 0 Å². The molecule has 0 atom stereocenters. The Morgan fingerprint density at radius 2 is 1.95 bits per heavy atom. The third-order valence-electron chi connectivity index (χ3n) is 3.13. The van der Waals surface area contributed by atoms with E-state index in [0.717, 1.165) is 0 Å². The zero-order chi connectivity index (χ0) is 14.6. The molecular weight excluding hydrogens is 252 g/mol. The maximum absolute atomic E-state index is 11.9. The summed E-state index contributed by atoms with van der Waals surface area (Å²) < 4.78 is 7.11. The van der Waals surface area contributed by atoms with Crippen LogP contribution in [0, 0.1) is 0 Å². The minimum absolute atomic E-state index is 0.0872. The Labute approximate surface area is 119 Å². The lowest BCUT2D eigenvalue weighted by Gasteiger charge is -2.18. The van der Waals surface area contributed by atoms with Gasteiger partial charge in [-0.05, 0) is 23.1 Å². The van der Waals surface area contributed by atoms with Gasteiger partial charge in [0.25, 0.3) is 0 Å². The number of hydrogen-bond donors (Lipinski definition) is 0. The number of rotatable bonds is 4. The van der Waals surface area contributed by atoms with E-state index in [1.165, 1.54) is 5.56 Å². The quantitative estimate of drug-likeness (QED) is 0.804. The van der Waals surface area contributed by atoms with Crippen LogP contribution in [0.25, 0.3) is 0 Å². The molecule has 4 nitrogen and oxygen atoms in total. The summed E-state index contributed by atoms with van der Waals surface area (Å²) in [7, 11) is 0. The lowest BCUT2D eigenvalue weighted by molar-refractivity contribution is 0.0491. The summed E-state index contributed by atoms with van der Waals surface area (Å²) in [5.41, 5.74) is 1.88. The fraction of sp³-hybridized carbons (Fsp3) is 0.375. The van der Waals surface area contributed by atoms with Crippen LogP contribution in [0.1, 0.15) is 36.7 Å².